The minimum absolute atomic E-state index is 0.0219. The molecule has 5 nitrogen and oxygen atoms in total. The Balaban J connectivity index is 2.04. The number of alkyl halides is 5. The lowest BCUT2D eigenvalue weighted by Gasteiger charge is -2.13. The molecule has 0 N–H and O–H groups in total. The van der Waals surface area contributed by atoms with Gasteiger partial charge in [0, 0.05) is 17.9 Å². The summed E-state index contributed by atoms with van der Waals surface area (Å²) in [5.41, 5.74) is -0.301. The zero-order valence-electron chi connectivity index (χ0n) is 15.0. The van der Waals surface area contributed by atoms with Gasteiger partial charge in [-0.3, -0.25) is 9.36 Å². The smallest absolute Gasteiger partial charge is 0.309 e. The van der Waals surface area contributed by atoms with E-state index in [4.69, 9.17) is 11.6 Å². The highest BCUT2D eigenvalue weighted by Crippen LogP contribution is 2.23. The van der Waals surface area contributed by atoms with Gasteiger partial charge in [0.05, 0.1) is 18.6 Å². The highest BCUT2D eigenvalue weighted by atomic mass is 35.5. The van der Waals surface area contributed by atoms with Gasteiger partial charge in [-0.15, -0.1) is 0 Å². The average Bonchev–Trinajstić information content (AvgIpc) is 3.02. The summed E-state index contributed by atoms with van der Waals surface area (Å²) in [6.07, 6.45) is -6.77. The first-order chi connectivity index (χ1) is 13.7. The summed E-state index contributed by atoms with van der Waals surface area (Å²) in [7, 11) is 0. The van der Waals surface area contributed by atoms with E-state index in [2.05, 4.69) is 9.97 Å². The van der Waals surface area contributed by atoms with Gasteiger partial charge >= 0.3 is 6.18 Å². The number of rotatable bonds is 7. The summed E-state index contributed by atoms with van der Waals surface area (Å²) in [4.78, 5) is 21.2. The SMILES string of the molecule is O=c1c2ncn(CC(F)F)c2nc(CCCCC(F)(F)F)n1-c1ccc(Cl)cc1. The van der Waals surface area contributed by atoms with Crippen LogP contribution in [0.2, 0.25) is 5.02 Å². The molecule has 0 amide bonds. The lowest BCUT2D eigenvalue weighted by Crippen LogP contribution is -2.25. The van der Waals surface area contributed by atoms with Crippen molar-refractivity contribution < 1.29 is 22.0 Å². The van der Waals surface area contributed by atoms with E-state index >= 15 is 0 Å². The van der Waals surface area contributed by atoms with E-state index in [9.17, 15) is 26.7 Å². The van der Waals surface area contributed by atoms with Crippen molar-refractivity contribution in [1.82, 2.24) is 19.1 Å². The Kier molecular flexibility index (Phi) is 6.21. The van der Waals surface area contributed by atoms with Crippen LogP contribution in [-0.2, 0) is 13.0 Å². The fourth-order valence-electron chi connectivity index (χ4n) is 2.95. The fourth-order valence-corrected chi connectivity index (χ4v) is 3.08. The van der Waals surface area contributed by atoms with E-state index in [0.717, 1.165) is 10.9 Å². The zero-order valence-corrected chi connectivity index (χ0v) is 15.7. The Morgan fingerprint density at radius 1 is 1.10 bits per heavy atom. The van der Waals surface area contributed by atoms with Crippen LogP contribution in [0.25, 0.3) is 16.9 Å². The fraction of sp³-hybridized carbons (Fsp3) is 0.389. The van der Waals surface area contributed by atoms with Gasteiger partial charge in [-0.25, -0.2) is 18.7 Å². The van der Waals surface area contributed by atoms with Crippen molar-refractivity contribution in [2.75, 3.05) is 0 Å². The summed E-state index contributed by atoms with van der Waals surface area (Å²) in [6, 6.07) is 6.23. The second-order valence-corrected chi connectivity index (χ2v) is 6.86. The summed E-state index contributed by atoms with van der Waals surface area (Å²) in [6.45, 7) is -0.693. The molecule has 0 spiro atoms. The molecule has 2 heterocycles. The third kappa shape index (κ3) is 5.11. The van der Waals surface area contributed by atoms with Crippen LogP contribution in [0, 0.1) is 0 Å². The third-order valence-electron chi connectivity index (χ3n) is 4.24. The molecular weight excluding hydrogens is 419 g/mol. The Labute approximate surface area is 166 Å². The van der Waals surface area contributed by atoms with Crippen molar-refractivity contribution in [2.24, 2.45) is 0 Å². The van der Waals surface area contributed by atoms with Gasteiger partial charge in [-0.05, 0) is 37.1 Å². The summed E-state index contributed by atoms with van der Waals surface area (Å²) >= 11 is 5.87. The summed E-state index contributed by atoms with van der Waals surface area (Å²) in [5.74, 6) is 0.169. The standard InChI is InChI=1S/C18H16ClF5N4O/c19-11-4-6-12(7-5-11)28-14(3-1-2-8-18(22,23)24)26-16-15(17(28)29)25-10-27(16)9-13(20)21/h4-7,10,13H,1-3,8-9H2. The van der Waals surface area contributed by atoms with Crippen molar-refractivity contribution in [3.05, 3.63) is 51.8 Å². The van der Waals surface area contributed by atoms with E-state index < -0.39 is 31.1 Å². The number of unbranched alkanes of at least 4 members (excludes halogenated alkanes) is 1. The number of nitrogens with zero attached hydrogens (tertiary/aromatic N) is 4. The molecule has 0 aliphatic carbocycles. The minimum atomic E-state index is -4.27. The van der Waals surface area contributed by atoms with Crippen LogP contribution in [0.5, 0.6) is 0 Å². The molecule has 0 fully saturated rings. The van der Waals surface area contributed by atoms with Crippen molar-refractivity contribution >= 4 is 22.8 Å². The Hall–Kier alpha value is -2.49. The predicted molar refractivity (Wildman–Crippen MR) is 97.7 cm³/mol. The number of imidazole rings is 1. The molecule has 156 valence electrons. The molecule has 0 radical (unpaired) electrons. The largest absolute Gasteiger partial charge is 0.389 e. The first-order valence-corrected chi connectivity index (χ1v) is 9.11. The third-order valence-corrected chi connectivity index (χ3v) is 4.49. The lowest BCUT2D eigenvalue weighted by atomic mass is 10.1. The number of halogens is 6. The highest BCUT2D eigenvalue weighted by Gasteiger charge is 2.26. The molecule has 3 aromatic rings. The lowest BCUT2D eigenvalue weighted by molar-refractivity contribution is -0.135. The van der Waals surface area contributed by atoms with Gasteiger partial charge in [0.15, 0.2) is 11.2 Å². The summed E-state index contributed by atoms with van der Waals surface area (Å²) in [5, 5.41) is 0.434. The number of hydrogen-bond donors (Lipinski definition) is 0. The van der Waals surface area contributed by atoms with Crippen LogP contribution >= 0.6 is 11.6 Å². The first kappa shape index (κ1) is 21.2. The molecule has 0 aliphatic rings. The molecule has 0 unspecified atom stereocenters. The maximum Gasteiger partial charge on any atom is 0.389 e. The van der Waals surface area contributed by atoms with Crippen LogP contribution in [0.4, 0.5) is 22.0 Å². The zero-order chi connectivity index (χ0) is 21.2. The Morgan fingerprint density at radius 2 is 1.79 bits per heavy atom. The van der Waals surface area contributed by atoms with Gasteiger partial charge < -0.3 is 4.57 Å². The maximum absolute atomic E-state index is 13.0. The van der Waals surface area contributed by atoms with Crippen LogP contribution in [0.15, 0.2) is 35.4 Å². The molecule has 0 bridgehead atoms. The normalized spacial score (nSPS) is 12.2. The molecule has 0 saturated heterocycles. The molecule has 0 saturated carbocycles. The first-order valence-electron chi connectivity index (χ1n) is 8.73. The van der Waals surface area contributed by atoms with Crippen molar-refractivity contribution in [2.45, 2.75) is 44.8 Å². The number of aryl methyl sites for hydroxylation is 1. The van der Waals surface area contributed by atoms with E-state index in [1.165, 1.54) is 4.57 Å². The van der Waals surface area contributed by atoms with E-state index in [1.54, 1.807) is 24.3 Å². The molecule has 3 rings (SSSR count). The van der Waals surface area contributed by atoms with Gasteiger partial charge in [-0.2, -0.15) is 13.2 Å². The average molecular weight is 435 g/mol. The van der Waals surface area contributed by atoms with Crippen LogP contribution < -0.4 is 5.56 Å². The molecule has 1 aromatic carbocycles. The number of hydrogen-bond acceptors (Lipinski definition) is 3. The maximum atomic E-state index is 13.0. The Morgan fingerprint density at radius 3 is 2.41 bits per heavy atom. The van der Waals surface area contributed by atoms with Crippen LogP contribution in [0.1, 0.15) is 25.1 Å². The monoisotopic (exact) mass is 434 g/mol. The van der Waals surface area contributed by atoms with Gasteiger partial charge in [0.1, 0.15) is 5.82 Å². The molecule has 0 aliphatic heterocycles. The van der Waals surface area contributed by atoms with Crippen LogP contribution in [-0.4, -0.2) is 31.7 Å². The van der Waals surface area contributed by atoms with E-state index in [0.29, 0.717) is 10.7 Å². The second kappa shape index (κ2) is 8.48. The number of aromatic nitrogens is 4. The highest BCUT2D eigenvalue weighted by molar-refractivity contribution is 6.30. The predicted octanol–water partition coefficient (Wildman–Crippen LogP) is 4.78. The van der Waals surface area contributed by atoms with Crippen molar-refractivity contribution in [3.63, 3.8) is 0 Å². The molecular formula is C18H16ClF5N4O. The summed E-state index contributed by atoms with van der Waals surface area (Å²) < 4.78 is 65.1. The number of benzene rings is 1. The van der Waals surface area contributed by atoms with Gasteiger partial charge in [0.25, 0.3) is 12.0 Å². The molecule has 0 atom stereocenters. The molecule has 11 heteroatoms. The molecule has 2 aromatic heterocycles. The van der Waals surface area contributed by atoms with Crippen molar-refractivity contribution in [1.29, 1.82) is 0 Å². The van der Waals surface area contributed by atoms with Gasteiger partial charge in [0.2, 0.25) is 0 Å². The second-order valence-electron chi connectivity index (χ2n) is 6.43. The topological polar surface area (TPSA) is 52.7 Å². The quantitative estimate of drug-likeness (QED) is 0.397. The molecule has 29 heavy (non-hydrogen) atoms. The Bertz CT molecular complexity index is 1040. The van der Waals surface area contributed by atoms with Crippen LogP contribution in [0.3, 0.4) is 0 Å². The number of fused-ring (bicyclic) bond motifs is 1. The minimum Gasteiger partial charge on any atom is -0.309 e. The van der Waals surface area contributed by atoms with Gasteiger partial charge in [-0.1, -0.05) is 11.6 Å². The van der Waals surface area contributed by atoms with E-state index in [-0.39, 0.29) is 36.3 Å². The van der Waals surface area contributed by atoms with E-state index in [1.807, 2.05) is 0 Å². The van der Waals surface area contributed by atoms with Crippen molar-refractivity contribution in [3.8, 4) is 5.69 Å².